The lowest BCUT2D eigenvalue weighted by Crippen LogP contribution is -2.01. The summed E-state index contributed by atoms with van der Waals surface area (Å²) in [7, 11) is 0. The van der Waals surface area contributed by atoms with Crippen molar-refractivity contribution in [2.75, 3.05) is 6.54 Å². The maximum Gasteiger partial charge on any atom is 0.227 e. The predicted octanol–water partition coefficient (Wildman–Crippen LogP) is 10.0. The number of hydrogen-bond acceptors (Lipinski definition) is 2. The Bertz CT molecular complexity index is 1960. The van der Waals surface area contributed by atoms with Crippen LogP contribution in [-0.2, 0) is 0 Å². The van der Waals surface area contributed by atoms with E-state index in [0.29, 0.717) is 6.54 Å². The lowest BCUT2D eigenvalue weighted by Gasteiger charge is -2.07. The first-order valence-corrected chi connectivity index (χ1v) is 15.3. The van der Waals surface area contributed by atoms with Crippen molar-refractivity contribution in [3.05, 3.63) is 170 Å². The van der Waals surface area contributed by atoms with Gasteiger partial charge in [0.05, 0.1) is 16.5 Å². The highest BCUT2D eigenvalue weighted by molar-refractivity contribution is 6.10. The molecule has 222 valence electrons. The predicted molar refractivity (Wildman–Crippen MR) is 199 cm³/mol. The van der Waals surface area contributed by atoms with E-state index >= 15 is 0 Å². The molecule has 45 heavy (non-hydrogen) atoms. The van der Waals surface area contributed by atoms with Gasteiger partial charge in [-0.25, -0.2) is 0 Å². The summed E-state index contributed by atoms with van der Waals surface area (Å²) < 4.78 is 2.32. The Balaban J connectivity index is 1.63. The van der Waals surface area contributed by atoms with E-state index in [4.69, 9.17) is 11.5 Å². The van der Waals surface area contributed by atoms with Crippen molar-refractivity contribution < 1.29 is 0 Å². The Morgan fingerprint density at radius 2 is 1.67 bits per heavy atom. The van der Waals surface area contributed by atoms with Crippen molar-refractivity contribution in [2.45, 2.75) is 13.3 Å². The number of nitrogens with two attached hydrogens (primary N) is 2. The highest BCUT2D eigenvalue weighted by Gasteiger charge is 2.33. The fourth-order valence-corrected chi connectivity index (χ4v) is 5.60. The zero-order chi connectivity index (χ0) is 31.6. The van der Waals surface area contributed by atoms with E-state index in [9.17, 15) is 0 Å². The van der Waals surface area contributed by atoms with E-state index in [1.165, 1.54) is 27.6 Å². The van der Waals surface area contributed by atoms with Crippen LogP contribution in [0.4, 0.5) is 11.4 Å². The summed E-state index contributed by atoms with van der Waals surface area (Å²) in [5.74, 6) is 0. The van der Waals surface area contributed by atoms with Gasteiger partial charge in [-0.3, -0.25) is 0 Å². The maximum absolute atomic E-state index is 5.67. The lowest BCUT2D eigenvalue weighted by molar-refractivity contribution is 1.15. The summed E-state index contributed by atoms with van der Waals surface area (Å²) in [6.45, 7) is 10.6. The molecule has 0 saturated heterocycles. The van der Waals surface area contributed by atoms with Crippen LogP contribution in [0.1, 0.15) is 24.5 Å². The highest BCUT2D eigenvalue weighted by Crippen LogP contribution is 2.49. The summed E-state index contributed by atoms with van der Waals surface area (Å²) in [6, 6.07) is 26.4. The largest absolute Gasteiger partial charge is 0.405 e. The smallest absolute Gasteiger partial charge is 0.227 e. The molecule has 0 aliphatic carbocycles. The molecule has 4 N–H and O–H groups in total. The molecule has 4 aromatic carbocycles. The minimum Gasteiger partial charge on any atom is -0.405 e. The first-order chi connectivity index (χ1) is 22.1. The van der Waals surface area contributed by atoms with Crippen LogP contribution in [0, 0.1) is 0 Å². The van der Waals surface area contributed by atoms with Crippen molar-refractivity contribution in [1.82, 2.24) is 4.58 Å². The van der Waals surface area contributed by atoms with E-state index < -0.39 is 0 Å². The minimum absolute atomic E-state index is 0.491. The average Bonchev–Trinajstić information content (AvgIpc) is 3.40. The van der Waals surface area contributed by atoms with Gasteiger partial charge in [-0.05, 0) is 94.7 Å². The third kappa shape index (κ3) is 6.85. The van der Waals surface area contributed by atoms with E-state index in [1.54, 1.807) is 6.20 Å². The molecule has 0 aromatic heterocycles. The van der Waals surface area contributed by atoms with E-state index in [1.807, 2.05) is 49.5 Å². The number of allylic oxidation sites excluding steroid dienone is 12. The maximum atomic E-state index is 5.67. The molecule has 1 aliphatic heterocycles. The Hall–Kier alpha value is -5.51. The van der Waals surface area contributed by atoms with E-state index in [2.05, 4.69) is 121 Å². The number of rotatable bonds is 11. The summed E-state index contributed by atoms with van der Waals surface area (Å²) in [5, 5.41) is 2.37. The number of benzene rings is 4. The lowest BCUT2D eigenvalue weighted by atomic mass is 9.95. The first-order valence-electron chi connectivity index (χ1n) is 15.3. The van der Waals surface area contributed by atoms with Crippen molar-refractivity contribution >= 4 is 39.5 Å². The van der Waals surface area contributed by atoms with Crippen molar-refractivity contribution in [3.8, 4) is 22.3 Å². The molecular formula is C42H40N3+. The standard InChI is InChI=1S/C42H40N3/c1-4-6-8-10-27-45-41-30-36(34-17-11-16-33(28-34)31(3)14-12-25-43)20-23-39(41)40-24-21-37-29-35(19-22-38(37)42(40)45)32(18-13-26-44)15-9-7-5-2/h4-6,8-24,26-30H,2-3,7,25,43-44H2,1H3/q+1/b6-4-,10-8-,14-12-,15-9+,26-13-,32-18+,45-27?. The fourth-order valence-electron chi connectivity index (χ4n) is 5.60. The molecule has 0 bridgehead atoms. The summed E-state index contributed by atoms with van der Waals surface area (Å²) in [4.78, 5) is 0. The van der Waals surface area contributed by atoms with Gasteiger partial charge in [-0.1, -0.05) is 97.7 Å². The van der Waals surface area contributed by atoms with Gasteiger partial charge in [0.1, 0.15) is 0 Å². The van der Waals surface area contributed by atoms with Crippen LogP contribution in [-0.4, -0.2) is 12.8 Å². The molecule has 1 heterocycles. The molecule has 3 heteroatoms. The molecule has 0 amide bonds. The van der Waals surface area contributed by atoms with E-state index in [-0.39, 0.29) is 0 Å². The number of hydrogen-bond donors (Lipinski definition) is 2. The Morgan fingerprint density at radius 1 is 0.822 bits per heavy atom. The Kier molecular flexibility index (Phi) is 10.2. The van der Waals surface area contributed by atoms with Crippen LogP contribution in [0.25, 0.3) is 44.2 Å². The van der Waals surface area contributed by atoms with Crippen LogP contribution in [0.2, 0.25) is 0 Å². The van der Waals surface area contributed by atoms with Crippen LogP contribution in [0.5, 0.6) is 0 Å². The molecule has 3 nitrogen and oxygen atoms in total. The summed E-state index contributed by atoms with van der Waals surface area (Å²) in [5.41, 5.74) is 22.6. The summed E-state index contributed by atoms with van der Waals surface area (Å²) >= 11 is 0. The normalized spacial score (nSPS) is 14.2. The third-order valence-corrected chi connectivity index (χ3v) is 7.77. The SMILES string of the molecule is C=CC/C=C/C(=C\C=C/N)c1ccc2c3c(ccc2c1)-c1ccc(-c2cccc(C(=C)/C=C\CN)c2)cc1[N+]3=C/C=C\C=C/C. The molecule has 5 rings (SSSR count). The van der Waals surface area contributed by atoms with Crippen LogP contribution in [0.3, 0.4) is 0 Å². The molecule has 0 spiro atoms. The zero-order valence-corrected chi connectivity index (χ0v) is 25.9. The molecule has 0 radical (unpaired) electrons. The molecule has 1 aliphatic rings. The van der Waals surface area contributed by atoms with Crippen molar-refractivity contribution in [3.63, 3.8) is 0 Å². The Morgan fingerprint density at radius 3 is 2.47 bits per heavy atom. The van der Waals surface area contributed by atoms with Crippen LogP contribution >= 0.6 is 0 Å². The topological polar surface area (TPSA) is 55.0 Å². The first kappa shape index (κ1) is 30.9. The second-order valence-corrected chi connectivity index (χ2v) is 10.7. The average molecular weight is 587 g/mol. The minimum atomic E-state index is 0.491. The third-order valence-electron chi connectivity index (χ3n) is 7.77. The summed E-state index contributed by atoms with van der Waals surface area (Å²) in [6.07, 6.45) is 26.7. The highest BCUT2D eigenvalue weighted by atomic mass is 15.0. The van der Waals surface area contributed by atoms with Gasteiger partial charge in [0.25, 0.3) is 0 Å². The van der Waals surface area contributed by atoms with Crippen molar-refractivity contribution in [2.24, 2.45) is 11.5 Å². The molecule has 4 aromatic rings. The molecule has 0 saturated carbocycles. The van der Waals surface area contributed by atoms with E-state index in [0.717, 1.165) is 45.5 Å². The second kappa shape index (κ2) is 14.8. The van der Waals surface area contributed by atoms with Crippen molar-refractivity contribution in [1.29, 1.82) is 0 Å². The van der Waals surface area contributed by atoms with Gasteiger partial charge in [-0.2, -0.15) is 4.58 Å². The fraction of sp³-hybridized carbons (Fsp3) is 0.0714. The van der Waals surface area contributed by atoms with Gasteiger partial charge in [-0.15, -0.1) is 6.58 Å². The monoisotopic (exact) mass is 586 g/mol. The van der Waals surface area contributed by atoms with Gasteiger partial charge >= 0.3 is 0 Å². The van der Waals surface area contributed by atoms with Gasteiger partial charge < -0.3 is 11.5 Å². The van der Waals surface area contributed by atoms with Gasteiger partial charge in [0, 0.05) is 18.7 Å². The molecule has 0 atom stereocenters. The second-order valence-electron chi connectivity index (χ2n) is 10.7. The van der Waals surface area contributed by atoms with Gasteiger partial charge in [0.15, 0.2) is 6.21 Å². The zero-order valence-electron chi connectivity index (χ0n) is 25.9. The quantitative estimate of drug-likeness (QED) is 0.0919. The molecule has 0 unspecified atom stereocenters. The van der Waals surface area contributed by atoms with Crippen LogP contribution in [0.15, 0.2) is 159 Å². The van der Waals surface area contributed by atoms with Crippen LogP contribution < -0.4 is 16.0 Å². The number of fused-ring (bicyclic) bond motifs is 5. The molecule has 0 fully saturated rings. The molecular weight excluding hydrogens is 546 g/mol. The van der Waals surface area contributed by atoms with Gasteiger partial charge in [0.2, 0.25) is 11.4 Å². The number of nitrogens with zero attached hydrogens (tertiary/aromatic N) is 1. The Labute approximate surface area is 267 Å².